The van der Waals surface area contributed by atoms with Crippen molar-refractivity contribution in [2.45, 2.75) is 38.1 Å². The summed E-state index contributed by atoms with van der Waals surface area (Å²) in [4.78, 5) is 17.0. The lowest BCUT2D eigenvalue weighted by Gasteiger charge is -2.45. The Labute approximate surface area is 174 Å². The first-order valence-corrected chi connectivity index (χ1v) is 12.2. The van der Waals surface area contributed by atoms with E-state index >= 15 is 0 Å². The molecule has 3 rings (SSSR count). The number of ether oxygens (including phenoxy) is 1. The number of carbonyl (C=O) groups is 1. The number of aryl methyl sites for hydroxylation is 1. The zero-order valence-corrected chi connectivity index (χ0v) is 18.6. The Kier molecular flexibility index (Phi) is 6.86. The van der Waals surface area contributed by atoms with Gasteiger partial charge < -0.3 is 9.64 Å². The summed E-state index contributed by atoms with van der Waals surface area (Å²) in [7, 11) is -1.51. The molecule has 2 fully saturated rings. The average Bonchev–Trinajstić information content (AvgIpc) is 3.19. The Balaban J connectivity index is 1.52. The van der Waals surface area contributed by atoms with E-state index < -0.39 is 10.0 Å². The van der Waals surface area contributed by atoms with E-state index in [4.69, 9.17) is 4.74 Å². The molecule has 1 aromatic carbocycles. The molecule has 0 bridgehead atoms. The molecule has 0 aromatic heterocycles. The molecule has 0 saturated carbocycles. The van der Waals surface area contributed by atoms with Gasteiger partial charge in [-0.05, 0) is 37.0 Å². The minimum atomic E-state index is -3.15. The zero-order chi connectivity index (χ0) is 21.1. The number of hydrogen-bond donors (Lipinski definition) is 0. The van der Waals surface area contributed by atoms with Gasteiger partial charge in [-0.2, -0.15) is 0 Å². The highest BCUT2D eigenvalue weighted by atomic mass is 32.2. The third kappa shape index (κ3) is 5.10. The monoisotopic (exact) mass is 423 g/mol. The number of sulfonamides is 1. The van der Waals surface area contributed by atoms with E-state index in [1.807, 2.05) is 29.2 Å². The molecule has 8 heteroatoms. The van der Waals surface area contributed by atoms with E-state index in [-0.39, 0.29) is 11.4 Å². The second kappa shape index (κ2) is 9.02. The number of carbonyl (C=O) groups excluding carboxylic acids is 1. The molecule has 2 heterocycles. The van der Waals surface area contributed by atoms with Gasteiger partial charge in [-0.15, -0.1) is 0 Å². The van der Waals surface area contributed by atoms with Crippen molar-refractivity contribution in [1.82, 2.24) is 14.1 Å². The highest BCUT2D eigenvalue weighted by Crippen LogP contribution is 2.33. The van der Waals surface area contributed by atoms with Gasteiger partial charge in [0.1, 0.15) is 5.75 Å². The number of rotatable bonds is 7. The van der Waals surface area contributed by atoms with Gasteiger partial charge in [-0.3, -0.25) is 9.69 Å². The van der Waals surface area contributed by atoms with Crippen molar-refractivity contribution in [3.8, 4) is 5.75 Å². The maximum Gasteiger partial charge on any atom is 0.222 e. The summed E-state index contributed by atoms with van der Waals surface area (Å²) in [6.45, 7) is 6.30. The first kappa shape index (κ1) is 22.1. The summed E-state index contributed by atoms with van der Waals surface area (Å²) >= 11 is 0. The van der Waals surface area contributed by atoms with Crippen LogP contribution in [0.4, 0.5) is 0 Å². The molecule has 2 aliphatic heterocycles. The van der Waals surface area contributed by atoms with Gasteiger partial charge in [0.25, 0.3) is 0 Å². The molecule has 1 unspecified atom stereocenters. The van der Waals surface area contributed by atoms with Crippen LogP contribution in [0.3, 0.4) is 0 Å². The lowest BCUT2D eigenvalue weighted by Crippen LogP contribution is -2.59. The van der Waals surface area contributed by atoms with E-state index in [1.54, 1.807) is 11.4 Å². The molecule has 0 radical (unpaired) electrons. The molecule has 0 aliphatic carbocycles. The minimum Gasteiger partial charge on any atom is -0.497 e. The summed E-state index contributed by atoms with van der Waals surface area (Å²) in [6, 6.07) is 7.85. The second-order valence-corrected chi connectivity index (χ2v) is 10.1. The number of benzene rings is 1. The number of piperazine rings is 1. The number of nitrogens with zero attached hydrogens (tertiary/aromatic N) is 3. The maximum absolute atomic E-state index is 12.7. The summed E-state index contributed by atoms with van der Waals surface area (Å²) in [5, 5.41) is 0. The molecular weight excluding hydrogens is 390 g/mol. The van der Waals surface area contributed by atoms with Crippen LogP contribution in [0, 0.1) is 0 Å². The standard InChI is InChI=1S/C21H33N3O4S/c1-4-21(10-11-24(17-21)29(3,26)27)23-14-12-22(13-15-23)20(25)9-8-18-6-5-7-19(16-18)28-2/h5-7,16H,4,8-15,17H2,1-3H3. The van der Waals surface area contributed by atoms with Crippen LogP contribution in [0.15, 0.2) is 24.3 Å². The minimum absolute atomic E-state index is 0.0984. The predicted octanol–water partition coefficient (Wildman–Crippen LogP) is 1.59. The SMILES string of the molecule is CCC1(N2CCN(C(=O)CCc3cccc(OC)c3)CC2)CCN(S(C)(=O)=O)C1. The lowest BCUT2D eigenvalue weighted by atomic mass is 9.92. The van der Waals surface area contributed by atoms with Gasteiger partial charge in [0.05, 0.1) is 13.4 Å². The molecule has 0 N–H and O–H groups in total. The molecule has 29 heavy (non-hydrogen) atoms. The Bertz CT molecular complexity index is 821. The zero-order valence-electron chi connectivity index (χ0n) is 17.8. The van der Waals surface area contributed by atoms with Gasteiger partial charge in [0, 0.05) is 51.2 Å². The predicted molar refractivity (Wildman–Crippen MR) is 114 cm³/mol. The van der Waals surface area contributed by atoms with Crippen LogP contribution in [-0.2, 0) is 21.2 Å². The largest absolute Gasteiger partial charge is 0.497 e. The van der Waals surface area contributed by atoms with E-state index in [0.717, 1.165) is 37.2 Å². The first-order chi connectivity index (χ1) is 13.8. The van der Waals surface area contributed by atoms with Crippen molar-refractivity contribution in [1.29, 1.82) is 0 Å². The van der Waals surface area contributed by atoms with Gasteiger partial charge in [-0.1, -0.05) is 19.1 Å². The van der Waals surface area contributed by atoms with Gasteiger partial charge >= 0.3 is 0 Å². The topological polar surface area (TPSA) is 70.2 Å². The van der Waals surface area contributed by atoms with Gasteiger partial charge in [0.2, 0.25) is 15.9 Å². The van der Waals surface area contributed by atoms with Crippen molar-refractivity contribution < 1.29 is 17.9 Å². The van der Waals surface area contributed by atoms with Crippen molar-refractivity contribution in [2.75, 3.05) is 52.6 Å². The fourth-order valence-corrected chi connectivity index (χ4v) is 5.44. The molecular formula is C21H33N3O4S. The summed E-state index contributed by atoms with van der Waals surface area (Å²) < 4.78 is 30.7. The highest BCUT2D eigenvalue weighted by molar-refractivity contribution is 7.88. The molecule has 162 valence electrons. The summed E-state index contributed by atoms with van der Waals surface area (Å²) in [5.74, 6) is 0.996. The van der Waals surface area contributed by atoms with Gasteiger partial charge in [0.15, 0.2) is 0 Å². The molecule has 2 aliphatic rings. The lowest BCUT2D eigenvalue weighted by molar-refractivity contribution is -0.133. The van der Waals surface area contributed by atoms with Crippen molar-refractivity contribution in [3.63, 3.8) is 0 Å². The van der Waals surface area contributed by atoms with Crippen LogP contribution >= 0.6 is 0 Å². The molecule has 1 aromatic rings. The van der Waals surface area contributed by atoms with Crippen LogP contribution in [0.5, 0.6) is 5.75 Å². The normalized spacial score (nSPS) is 24.0. The molecule has 1 amide bonds. The smallest absolute Gasteiger partial charge is 0.222 e. The Morgan fingerprint density at radius 1 is 1.17 bits per heavy atom. The number of hydrogen-bond acceptors (Lipinski definition) is 5. The first-order valence-electron chi connectivity index (χ1n) is 10.4. The summed E-state index contributed by atoms with van der Waals surface area (Å²) in [5.41, 5.74) is 1.01. The van der Waals surface area contributed by atoms with Crippen molar-refractivity contribution in [3.05, 3.63) is 29.8 Å². The van der Waals surface area contributed by atoms with Crippen molar-refractivity contribution >= 4 is 15.9 Å². The van der Waals surface area contributed by atoms with Crippen LogP contribution in [0.25, 0.3) is 0 Å². The van der Waals surface area contributed by atoms with E-state index in [2.05, 4.69) is 11.8 Å². The Morgan fingerprint density at radius 2 is 1.90 bits per heavy atom. The molecule has 7 nitrogen and oxygen atoms in total. The number of methoxy groups -OCH3 is 1. The van der Waals surface area contributed by atoms with E-state index in [1.165, 1.54) is 6.26 Å². The van der Waals surface area contributed by atoms with E-state index in [9.17, 15) is 13.2 Å². The third-order valence-electron chi connectivity index (χ3n) is 6.49. The molecule has 1 atom stereocenters. The molecule has 0 spiro atoms. The highest BCUT2D eigenvalue weighted by Gasteiger charge is 2.45. The van der Waals surface area contributed by atoms with Gasteiger partial charge in [-0.25, -0.2) is 12.7 Å². The quantitative estimate of drug-likeness (QED) is 0.666. The fourth-order valence-electron chi connectivity index (χ4n) is 4.54. The molecule has 2 saturated heterocycles. The van der Waals surface area contributed by atoms with Crippen LogP contribution < -0.4 is 4.74 Å². The second-order valence-electron chi connectivity index (χ2n) is 8.14. The van der Waals surface area contributed by atoms with Crippen LogP contribution in [-0.4, -0.2) is 86.6 Å². The van der Waals surface area contributed by atoms with Crippen LogP contribution in [0.1, 0.15) is 31.7 Å². The Hall–Kier alpha value is -1.64. The van der Waals surface area contributed by atoms with E-state index in [0.29, 0.717) is 39.0 Å². The number of amides is 1. The third-order valence-corrected chi connectivity index (χ3v) is 7.74. The maximum atomic E-state index is 12.7. The van der Waals surface area contributed by atoms with Crippen LogP contribution in [0.2, 0.25) is 0 Å². The average molecular weight is 424 g/mol. The Morgan fingerprint density at radius 3 is 2.48 bits per heavy atom. The fraction of sp³-hybridized carbons (Fsp3) is 0.667. The van der Waals surface area contributed by atoms with Crippen molar-refractivity contribution in [2.24, 2.45) is 0 Å². The summed E-state index contributed by atoms with van der Waals surface area (Å²) in [6.07, 6.45) is 4.27.